The first-order chi connectivity index (χ1) is 6.24. The lowest BCUT2D eigenvalue weighted by atomic mass is 10.1. The topological polar surface area (TPSA) is 39.2 Å². The molecule has 0 fully saturated rings. The fraction of sp³-hybridized carbons (Fsp3) is 0.600. The van der Waals surface area contributed by atoms with Crippen molar-refractivity contribution in [2.75, 3.05) is 0 Å². The van der Waals surface area contributed by atoms with Crippen molar-refractivity contribution in [3.63, 3.8) is 0 Å². The summed E-state index contributed by atoms with van der Waals surface area (Å²) in [6, 6.07) is 3.87. The van der Waals surface area contributed by atoms with Gasteiger partial charge in [-0.3, -0.25) is 0 Å². The van der Waals surface area contributed by atoms with Gasteiger partial charge in [-0.15, -0.1) is 0 Å². The molecule has 2 nitrogen and oxygen atoms in total. The van der Waals surface area contributed by atoms with Gasteiger partial charge in [0.05, 0.1) is 6.04 Å². The van der Waals surface area contributed by atoms with E-state index < -0.39 is 0 Å². The van der Waals surface area contributed by atoms with Crippen LogP contribution in [0.2, 0.25) is 0 Å². The van der Waals surface area contributed by atoms with E-state index in [2.05, 4.69) is 22.9 Å². The second-order valence-corrected chi connectivity index (χ2v) is 4.03. The van der Waals surface area contributed by atoms with E-state index in [1.54, 1.807) is 0 Å². The zero-order valence-corrected chi connectivity index (χ0v) is 9.51. The molecule has 1 atom stereocenters. The number of furan rings is 1. The Hall–Kier alpha value is -0.280. The molecule has 0 radical (unpaired) electrons. The molecular weight excluding hydrogens is 230 g/mol. The lowest BCUT2D eigenvalue weighted by Gasteiger charge is -2.07. The summed E-state index contributed by atoms with van der Waals surface area (Å²) in [5.74, 6) is 0.878. The molecule has 0 aliphatic carbocycles. The van der Waals surface area contributed by atoms with E-state index >= 15 is 0 Å². The molecule has 74 valence electrons. The van der Waals surface area contributed by atoms with Gasteiger partial charge in [0, 0.05) is 0 Å². The second kappa shape index (κ2) is 5.45. The fourth-order valence-electron chi connectivity index (χ4n) is 1.28. The van der Waals surface area contributed by atoms with Gasteiger partial charge >= 0.3 is 0 Å². The maximum absolute atomic E-state index is 5.93. The van der Waals surface area contributed by atoms with E-state index in [9.17, 15) is 0 Å². The Kier molecular flexibility index (Phi) is 4.53. The molecule has 1 aromatic rings. The van der Waals surface area contributed by atoms with Crippen molar-refractivity contribution in [2.45, 2.75) is 38.6 Å². The van der Waals surface area contributed by atoms with Crippen molar-refractivity contribution < 1.29 is 4.42 Å². The summed E-state index contributed by atoms with van der Waals surface area (Å²) in [6.07, 6.45) is 4.66. The number of hydrogen-bond donors (Lipinski definition) is 1. The summed E-state index contributed by atoms with van der Waals surface area (Å²) in [4.78, 5) is 0. The van der Waals surface area contributed by atoms with Gasteiger partial charge in [0.2, 0.25) is 0 Å². The maximum atomic E-state index is 5.93. The van der Waals surface area contributed by atoms with Crippen molar-refractivity contribution in [3.8, 4) is 0 Å². The van der Waals surface area contributed by atoms with E-state index in [1.807, 2.05) is 12.1 Å². The highest BCUT2D eigenvalue weighted by atomic mass is 79.9. The van der Waals surface area contributed by atoms with E-state index in [-0.39, 0.29) is 6.04 Å². The molecule has 0 saturated carbocycles. The van der Waals surface area contributed by atoms with Crippen molar-refractivity contribution in [3.05, 3.63) is 22.6 Å². The molecule has 0 bridgehead atoms. The van der Waals surface area contributed by atoms with Crippen LogP contribution in [0.25, 0.3) is 0 Å². The maximum Gasteiger partial charge on any atom is 0.169 e. The Bertz CT molecular complexity index is 247. The predicted molar refractivity (Wildman–Crippen MR) is 57.5 cm³/mol. The number of hydrogen-bond acceptors (Lipinski definition) is 2. The third-order valence-corrected chi connectivity index (χ3v) is 2.50. The summed E-state index contributed by atoms with van der Waals surface area (Å²) in [5, 5.41) is 0. The van der Waals surface area contributed by atoms with Gasteiger partial charge in [-0.1, -0.05) is 26.2 Å². The minimum Gasteiger partial charge on any atom is -0.453 e. The Morgan fingerprint density at radius 1 is 1.46 bits per heavy atom. The molecule has 2 N–H and O–H groups in total. The van der Waals surface area contributed by atoms with Crippen LogP contribution in [-0.4, -0.2) is 0 Å². The average Bonchev–Trinajstić information content (AvgIpc) is 2.52. The molecule has 0 aromatic carbocycles. The minimum absolute atomic E-state index is 0.0536. The SMILES string of the molecule is CCCCCC(N)c1ccc(Br)o1. The third kappa shape index (κ3) is 3.53. The quantitative estimate of drug-likeness (QED) is 0.806. The number of unbranched alkanes of at least 4 members (excludes halogenated alkanes) is 2. The normalized spacial score (nSPS) is 13.2. The number of rotatable bonds is 5. The lowest BCUT2D eigenvalue weighted by molar-refractivity contribution is 0.428. The summed E-state index contributed by atoms with van der Waals surface area (Å²) in [7, 11) is 0. The second-order valence-electron chi connectivity index (χ2n) is 3.24. The molecule has 0 amide bonds. The van der Waals surface area contributed by atoms with Gasteiger partial charge in [0.15, 0.2) is 4.67 Å². The van der Waals surface area contributed by atoms with Crippen LogP contribution in [0.15, 0.2) is 21.2 Å². The van der Waals surface area contributed by atoms with Crippen LogP contribution < -0.4 is 5.73 Å². The molecule has 0 aliphatic rings. The van der Waals surface area contributed by atoms with Gasteiger partial charge < -0.3 is 10.2 Å². The number of halogens is 1. The van der Waals surface area contributed by atoms with Crippen LogP contribution >= 0.6 is 15.9 Å². The van der Waals surface area contributed by atoms with Gasteiger partial charge in [0.1, 0.15) is 5.76 Å². The van der Waals surface area contributed by atoms with E-state index in [0.29, 0.717) is 0 Å². The average molecular weight is 246 g/mol. The highest BCUT2D eigenvalue weighted by Crippen LogP contribution is 2.22. The van der Waals surface area contributed by atoms with Crippen molar-refractivity contribution >= 4 is 15.9 Å². The lowest BCUT2D eigenvalue weighted by Crippen LogP contribution is -2.08. The number of nitrogens with two attached hydrogens (primary N) is 1. The van der Waals surface area contributed by atoms with Gasteiger partial charge in [-0.25, -0.2) is 0 Å². The largest absolute Gasteiger partial charge is 0.453 e. The van der Waals surface area contributed by atoms with E-state index in [1.165, 1.54) is 19.3 Å². The summed E-state index contributed by atoms with van der Waals surface area (Å²) in [6.45, 7) is 2.19. The van der Waals surface area contributed by atoms with Gasteiger partial charge in [0.25, 0.3) is 0 Å². The van der Waals surface area contributed by atoms with Crippen LogP contribution in [0.1, 0.15) is 44.4 Å². The van der Waals surface area contributed by atoms with Crippen LogP contribution in [0, 0.1) is 0 Å². The molecule has 1 rings (SSSR count). The van der Waals surface area contributed by atoms with Crippen LogP contribution in [0.3, 0.4) is 0 Å². The molecule has 3 heteroatoms. The molecule has 1 aromatic heterocycles. The third-order valence-electron chi connectivity index (χ3n) is 2.08. The van der Waals surface area contributed by atoms with Gasteiger partial charge in [-0.05, 0) is 34.5 Å². The summed E-state index contributed by atoms with van der Waals surface area (Å²) >= 11 is 3.26. The van der Waals surface area contributed by atoms with Crippen molar-refractivity contribution in [2.24, 2.45) is 5.73 Å². The molecule has 0 aliphatic heterocycles. The van der Waals surface area contributed by atoms with Crippen LogP contribution in [-0.2, 0) is 0 Å². The first-order valence-corrected chi connectivity index (χ1v) is 5.54. The Labute approximate surface area is 87.6 Å². The van der Waals surface area contributed by atoms with Crippen LogP contribution in [0.4, 0.5) is 0 Å². The first kappa shape index (κ1) is 10.8. The molecular formula is C10H16BrNO. The smallest absolute Gasteiger partial charge is 0.169 e. The minimum atomic E-state index is 0.0536. The molecule has 0 saturated heterocycles. The highest BCUT2D eigenvalue weighted by molar-refractivity contribution is 9.10. The first-order valence-electron chi connectivity index (χ1n) is 4.75. The molecule has 1 unspecified atom stereocenters. The van der Waals surface area contributed by atoms with Crippen molar-refractivity contribution in [1.29, 1.82) is 0 Å². The predicted octanol–water partition coefficient (Wildman–Crippen LogP) is 3.62. The summed E-state index contributed by atoms with van der Waals surface area (Å²) < 4.78 is 6.13. The Morgan fingerprint density at radius 3 is 2.77 bits per heavy atom. The summed E-state index contributed by atoms with van der Waals surface area (Å²) in [5.41, 5.74) is 5.93. The standard InChI is InChI=1S/C10H16BrNO/c1-2-3-4-5-8(12)9-6-7-10(11)13-9/h6-8H,2-5,12H2,1H3. The zero-order chi connectivity index (χ0) is 9.68. The van der Waals surface area contributed by atoms with E-state index in [4.69, 9.17) is 10.2 Å². The van der Waals surface area contributed by atoms with Crippen LogP contribution in [0.5, 0.6) is 0 Å². The van der Waals surface area contributed by atoms with Gasteiger partial charge in [-0.2, -0.15) is 0 Å². The Morgan fingerprint density at radius 2 is 2.23 bits per heavy atom. The Balaban J connectivity index is 2.35. The highest BCUT2D eigenvalue weighted by Gasteiger charge is 2.09. The monoisotopic (exact) mass is 245 g/mol. The van der Waals surface area contributed by atoms with Crippen molar-refractivity contribution in [1.82, 2.24) is 0 Å². The fourth-order valence-corrected chi connectivity index (χ4v) is 1.60. The van der Waals surface area contributed by atoms with E-state index in [0.717, 1.165) is 16.9 Å². The zero-order valence-electron chi connectivity index (χ0n) is 7.92. The molecule has 0 spiro atoms. The molecule has 13 heavy (non-hydrogen) atoms. The molecule has 1 heterocycles.